The number of piperazine rings is 1. The molecule has 21 heavy (non-hydrogen) atoms. The van der Waals surface area contributed by atoms with Crippen LogP contribution in [0.15, 0.2) is 17.5 Å². The van der Waals surface area contributed by atoms with Gasteiger partial charge in [-0.1, -0.05) is 6.07 Å². The molecule has 1 N–H and O–H groups in total. The van der Waals surface area contributed by atoms with Gasteiger partial charge in [0.2, 0.25) is 5.91 Å². The molecule has 1 aromatic heterocycles. The Morgan fingerprint density at radius 2 is 2.05 bits per heavy atom. The molecule has 4 nitrogen and oxygen atoms in total. The minimum absolute atomic E-state index is 0. The molecule has 2 aliphatic rings. The molecule has 0 spiro atoms. The Morgan fingerprint density at radius 3 is 2.62 bits per heavy atom. The molecule has 120 valence electrons. The number of nitrogens with one attached hydrogen (secondary N) is 1. The van der Waals surface area contributed by atoms with Crippen molar-refractivity contribution in [2.24, 2.45) is 0 Å². The van der Waals surface area contributed by atoms with Crippen LogP contribution in [0.2, 0.25) is 0 Å². The number of amides is 1. The third-order valence-corrected chi connectivity index (χ3v) is 4.86. The van der Waals surface area contributed by atoms with E-state index in [0.29, 0.717) is 5.91 Å². The van der Waals surface area contributed by atoms with Gasteiger partial charge in [-0.2, -0.15) is 0 Å². The van der Waals surface area contributed by atoms with Crippen molar-refractivity contribution in [1.82, 2.24) is 15.1 Å². The van der Waals surface area contributed by atoms with Gasteiger partial charge in [-0.25, -0.2) is 0 Å². The van der Waals surface area contributed by atoms with Crippen LogP contribution in [0.4, 0.5) is 0 Å². The highest BCUT2D eigenvalue weighted by Gasteiger charge is 2.29. The van der Waals surface area contributed by atoms with Gasteiger partial charge in [0.25, 0.3) is 0 Å². The zero-order valence-corrected chi connectivity index (χ0v) is 14.4. The van der Waals surface area contributed by atoms with Gasteiger partial charge in [0.15, 0.2) is 0 Å². The van der Waals surface area contributed by atoms with E-state index in [1.807, 2.05) is 16.2 Å². The Balaban J connectivity index is 0.00000110. The van der Waals surface area contributed by atoms with Gasteiger partial charge in [-0.05, 0) is 30.8 Å². The minimum atomic E-state index is 0. The molecule has 0 aliphatic carbocycles. The highest BCUT2D eigenvalue weighted by molar-refractivity contribution is 7.09. The third kappa shape index (κ3) is 4.83. The van der Waals surface area contributed by atoms with Gasteiger partial charge in [0, 0.05) is 37.6 Å². The molecule has 1 aromatic rings. The molecular weight excluding hydrogens is 329 g/mol. The molecule has 1 unspecified atom stereocenters. The van der Waals surface area contributed by atoms with Crippen LogP contribution in [0.3, 0.4) is 0 Å². The Hall–Kier alpha value is -0.330. The average molecular weight is 352 g/mol. The van der Waals surface area contributed by atoms with Crippen molar-refractivity contribution in [2.75, 3.05) is 32.7 Å². The molecule has 3 rings (SSSR count). The lowest BCUT2D eigenvalue weighted by molar-refractivity contribution is -0.134. The number of hydrogen-bond donors (Lipinski definition) is 1. The SMILES string of the molecule is Cl.Cl.O=C(C1CCCN1)N1CCN(Cc2cccs2)CC1. The molecule has 1 amide bonds. The number of nitrogens with zero attached hydrogens (tertiary/aromatic N) is 2. The number of carbonyl (C=O) groups is 1. The van der Waals surface area contributed by atoms with Crippen LogP contribution in [0.25, 0.3) is 0 Å². The number of thiophene rings is 1. The molecule has 3 heterocycles. The topological polar surface area (TPSA) is 35.6 Å². The van der Waals surface area contributed by atoms with Crippen LogP contribution >= 0.6 is 36.2 Å². The molecule has 2 fully saturated rings. The van der Waals surface area contributed by atoms with Crippen molar-refractivity contribution in [1.29, 1.82) is 0 Å². The van der Waals surface area contributed by atoms with Crippen LogP contribution in [0.1, 0.15) is 17.7 Å². The fraction of sp³-hybridized carbons (Fsp3) is 0.643. The van der Waals surface area contributed by atoms with E-state index < -0.39 is 0 Å². The summed E-state index contributed by atoms with van der Waals surface area (Å²) in [6.45, 7) is 5.77. The van der Waals surface area contributed by atoms with Gasteiger partial charge in [-0.15, -0.1) is 36.2 Å². The second-order valence-electron chi connectivity index (χ2n) is 5.33. The monoisotopic (exact) mass is 351 g/mol. The number of hydrogen-bond acceptors (Lipinski definition) is 4. The molecule has 0 radical (unpaired) electrons. The van der Waals surface area contributed by atoms with Crippen LogP contribution in [0, 0.1) is 0 Å². The van der Waals surface area contributed by atoms with E-state index >= 15 is 0 Å². The molecule has 2 saturated heterocycles. The van der Waals surface area contributed by atoms with Gasteiger partial charge >= 0.3 is 0 Å². The Labute approximate surface area is 142 Å². The fourth-order valence-electron chi connectivity index (χ4n) is 2.87. The first-order valence-corrected chi connectivity index (χ1v) is 7.98. The molecule has 0 saturated carbocycles. The highest BCUT2D eigenvalue weighted by atomic mass is 35.5. The largest absolute Gasteiger partial charge is 0.339 e. The maximum Gasteiger partial charge on any atom is 0.239 e. The third-order valence-electron chi connectivity index (χ3n) is 4.00. The van der Waals surface area contributed by atoms with Gasteiger partial charge in [-0.3, -0.25) is 9.69 Å². The summed E-state index contributed by atoms with van der Waals surface area (Å²) < 4.78 is 0. The van der Waals surface area contributed by atoms with E-state index in [9.17, 15) is 4.79 Å². The summed E-state index contributed by atoms with van der Waals surface area (Å²) in [6.07, 6.45) is 2.14. The van der Waals surface area contributed by atoms with Crippen molar-refractivity contribution >= 4 is 42.1 Å². The predicted octanol–water partition coefficient (Wildman–Crippen LogP) is 1.99. The molecule has 2 aliphatic heterocycles. The Bertz CT molecular complexity index is 416. The van der Waals surface area contributed by atoms with Crippen molar-refractivity contribution in [3.63, 3.8) is 0 Å². The Kier molecular flexibility index (Phi) is 7.98. The maximum absolute atomic E-state index is 12.3. The van der Waals surface area contributed by atoms with Crippen LogP contribution in [0.5, 0.6) is 0 Å². The van der Waals surface area contributed by atoms with Crippen molar-refractivity contribution < 1.29 is 4.79 Å². The number of halogens is 2. The van der Waals surface area contributed by atoms with Crippen LogP contribution < -0.4 is 5.32 Å². The standard InChI is InChI=1S/C14H21N3OS.2ClH/c18-14(13-4-1-5-15-13)17-8-6-16(7-9-17)11-12-3-2-10-19-12;;/h2-3,10,13,15H,1,4-9,11H2;2*1H. The number of carbonyl (C=O) groups excluding carboxylic acids is 1. The first-order chi connectivity index (χ1) is 9.33. The molecular formula is C14H23Cl2N3OS. The van der Waals surface area contributed by atoms with E-state index in [1.54, 1.807) is 0 Å². The lowest BCUT2D eigenvalue weighted by atomic mass is 10.2. The summed E-state index contributed by atoms with van der Waals surface area (Å²) in [7, 11) is 0. The van der Waals surface area contributed by atoms with E-state index in [2.05, 4.69) is 27.7 Å². The Morgan fingerprint density at radius 1 is 1.29 bits per heavy atom. The lowest BCUT2D eigenvalue weighted by Gasteiger charge is -2.35. The normalized spacial score (nSPS) is 22.5. The van der Waals surface area contributed by atoms with Crippen molar-refractivity contribution in [2.45, 2.75) is 25.4 Å². The highest BCUT2D eigenvalue weighted by Crippen LogP contribution is 2.15. The fourth-order valence-corrected chi connectivity index (χ4v) is 3.61. The molecule has 1 atom stereocenters. The molecule has 0 aromatic carbocycles. The summed E-state index contributed by atoms with van der Waals surface area (Å²) >= 11 is 1.81. The van der Waals surface area contributed by atoms with Crippen LogP contribution in [-0.2, 0) is 11.3 Å². The quantitative estimate of drug-likeness (QED) is 0.904. The second-order valence-corrected chi connectivity index (χ2v) is 6.36. The summed E-state index contributed by atoms with van der Waals surface area (Å²) in [4.78, 5) is 18.2. The summed E-state index contributed by atoms with van der Waals surface area (Å²) in [5.41, 5.74) is 0. The van der Waals surface area contributed by atoms with E-state index in [-0.39, 0.29) is 30.9 Å². The maximum atomic E-state index is 12.3. The molecule has 7 heteroatoms. The summed E-state index contributed by atoms with van der Waals surface area (Å²) in [5.74, 6) is 0.313. The minimum Gasteiger partial charge on any atom is -0.339 e. The van der Waals surface area contributed by atoms with Gasteiger partial charge < -0.3 is 10.2 Å². The van der Waals surface area contributed by atoms with E-state index in [4.69, 9.17) is 0 Å². The van der Waals surface area contributed by atoms with E-state index in [0.717, 1.165) is 52.1 Å². The zero-order chi connectivity index (χ0) is 13.1. The van der Waals surface area contributed by atoms with Gasteiger partial charge in [0.1, 0.15) is 0 Å². The van der Waals surface area contributed by atoms with Gasteiger partial charge in [0.05, 0.1) is 6.04 Å². The average Bonchev–Trinajstić information content (AvgIpc) is 3.12. The predicted molar refractivity (Wildman–Crippen MR) is 91.7 cm³/mol. The summed E-state index contributed by atoms with van der Waals surface area (Å²) in [5, 5.41) is 5.42. The molecule has 0 bridgehead atoms. The first-order valence-electron chi connectivity index (χ1n) is 7.10. The second kappa shape index (κ2) is 8.96. The first kappa shape index (κ1) is 18.7. The smallest absolute Gasteiger partial charge is 0.239 e. The van der Waals surface area contributed by atoms with Crippen LogP contribution in [-0.4, -0.2) is 54.5 Å². The summed E-state index contributed by atoms with van der Waals surface area (Å²) in [6, 6.07) is 4.37. The van der Waals surface area contributed by atoms with Crippen molar-refractivity contribution in [3.8, 4) is 0 Å². The number of rotatable bonds is 3. The lowest BCUT2D eigenvalue weighted by Crippen LogP contribution is -2.52. The zero-order valence-electron chi connectivity index (χ0n) is 12.0. The van der Waals surface area contributed by atoms with E-state index in [1.165, 1.54) is 4.88 Å². The van der Waals surface area contributed by atoms with Crippen molar-refractivity contribution in [3.05, 3.63) is 22.4 Å².